The van der Waals surface area contributed by atoms with Crippen LogP contribution >= 0.6 is 11.8 Å². The molecule has 0 aliphatic carbocycles. The van der Waals surface area contributed by atoms with E-state index in [1.807, 2.05) is 11.8 Å². The highest BCUT2D eigenvalue weighted by Crippen LogP contribution is 2.29. The van der Waals surface area contributed by atoms with E-state index in [-0.39, 0.29) is 17.1 Å². The summed E-state index contributed by atoms with van der Waals surface area (Å²) in [6.45, 7) is 10.6. The van der Waals surface area contributed by atoms with Crippen LogP contribution in [0.3, 0.4) is 0 Å². The lowest BCUT2D eigenvalue weighted by Crippen LogP contribution is -2.51. The first-order valence-electron chi connectivity index (χ1n) is 7.66. The lowest BCUT2D eigenvalue weighted by atomic mass is 10.2. The normalized spacial score (nSPS) is 19.3. The molecule has 1 aliphatic rings. The second-order valence-electron chi connectivity index (χ2n) is 6.01. The monoisotopic (exact) mass is 351 g/mol. The lowest BCUT2D eigenvalue weighted by molar-refractivity contribution is 0.157. The highest BCUT2D eigenvalue weighted by Gasteiger charge is 2.28. The van der Waals surface area contributed by atoms with Crippen molar-refractivity contribution in [2.45, 2.75) is 25.5 Å². The molecule has 0 radical (unpaired) electrons. The summed E-state index contributed by atoms with van der Waals surface area (Å²) in [7, 11) is -2.95. The van der Waals surface area contributed by atoms with E-state index >= 15 is 0 Å². The second-order valence-corrected chi connectivity index (χ2v) is 10.1. The van der Waals surface area contributed by atoms with Crippen molar-refractivity contribution in [3.63, 3.8) is 0 Å². The molecule has 0 unspecified atom stereocenters. The predicted molar refractivity (Wildman–Crippen MR) is 94.6 cm³/mol. The first kappa shape index (κ1) is 19.6. The number of thioether (sulfide) groups is 1. The smallest absolute Gasteiger partial charge is 0.194 e. The van der Waals surface area contributed by atoms with Gasteiger partial charge >= 0.3 is 0 Å². The molecule has 0 atom stereocenters. The largest absolute Gasteiger partial charge is 0.378 e. The Balaban J connectivity index is 2.42. The summed E-state index contributed by atoms with van der Waals surface area (Å²) in [5.41, 5.74) is 0. The van der Waals surface area contributed by atoms with Crippen LogP contribution in [0, 0.1) is 0 Å². The summed E-state index contributed by atoms with van der Waals surface area (Å²) in [4.78, 5) is 6.87. The van der Waals surface area contributed by atoms with Gasteiger partial charge in [0.2, 0.25) is 0 Å². The van der Waals surface area contributed by atoms with E-state index in [2.05, 4.69) is 36.0 Å². The Labute approximate surface area is 139 Å². The van der Waals surface area contributed by atoms with Crippen LogP contribution in [0.2, 0.25) is 0 Å². The first-order chi connectivity index (χ1) is 10.2. The van der Waals surface area contributed by atoms with E-state index in [0.29, 0.717) is 13.2 Å². The Morgan fingerprint density at radius 3 is 2.73 bits per heavy atom. The number of sulfone groups is 1. The van der Waals surface area contributed by atoms with Crippen LogP contribution in [0.4, 0.5) is 0 Å². The van der Waals surface area contributed by atoms with Crippen molar-refractivity contribution in [3.05, 3.63) is 0 Å². The van der Waals surface area contributed by atoms with Gasteiger partial charge in [0.15, 0.2) is 5.96 Å². The van der Waals surface area contributed by atoms with Crippen LogP contribution in [-0.4, -0.2) is 81.2 Å². The maximum atomic E-state index is 11.0. The molecule has 0 spiro atoms. The minimum Gasteiger partial charge on any atom is -0.378 e. The van der Waals surface area contributed by atoms with Crippen molar-refractivity contribution >= 4 is 27.6 Å². The topological polar surface area (TPSA) is 71.0 Å². The number of hydrogen-bond donors (Lipinski definition) is 1. The van der Waals surface area contributed by atoms with E-state index in [1.165, 1.54) is 6.26 Å². The van der Waals surface area contributed by atoms with Gasteiger partial charge in [0.25, 0.3) is 0 Å². The molecule has 1 aliphatic heterocycles. The SMILES string of the molecule is CCNC(=NCCOCCS(C)(=O)=O)N1CCSC(C)(C)C1. The average Bonchev–Trinajstić information content (AvgIpc) is 2.39. The molecule has 0 bridgehead atoms. The van der Waals surface area contributed by atoms with Crippen molar-refractivity contribution < 1.29 is 13.2 Å². The fourth-order valence-electron chi connectivity index (χ4n) is 2.15. The summed E-state index contributed by atoms with van der Waals surface area (Å²) in [5, 5.41) is 3.32. The Morgan fingerprint density at radius 2 is 2.14 bits per heavy atom. The van der Waals surface area contributed by atoms with Gasteiger partial charge in [-0.1, -0.05) is 0 Å². The van der Waals surface area contributed by atoms with Gasteiger partial charge in [0, 0.05) is 36.4 Å². The molecule has 22 heavy (non-hydrogen) atoms. The van der Waals surface area contributed by atoms with E-state index in [4.69, 9.17) is 4.74 Å². The van der Waals surface area contributed by atoms with Gasteiger partial charge in [-0.25, -0.2) is 8.42 Å². The van der Waals surface area contributed by atoms with Gasteiger partial charge in [0.05, 0.1) is 25.5 Å². The molecule has 0 amide bonds. The number of guanidine groups is 1. The third-order valence-corrected chi connectivity index (χ3v) is 5.36. The molecule has 1 rings (SSSR count). The highest BCUT2D eigenvalue weighted by molar-refractivity contribution is 8.00. The Kier molecular flexibility index (Phi) is 7.99. The van der Waals surface area contributed by atoms with Gasteiger partial charge in [-0.3, -0.25) is 4.99 Å². The quantitative estimate of drug-likeness (QED) is 0.416. The van der Waals surface area contributed by atoms with Crippen molar-refractivity contribution in [3.8, 4) is 0 Å². The minimum atomic E-state index is -2.95. The third-order valence-electron chi connectivity index (χ3n) is 3.16. The third kappa shape index (κ3) is 8.24. The summed E-state index contributed by atoms with van der Waals surface area (Å²) < 4.78 is 27.6. The van der Waals surface area contributed by atoms with Crippen LogP contribution in [0.1, 0.15) is 20.8 Å². The van der Waals surface area contributed by atoms with Gasteiger partial charge < -0.3 is 15.0 Å². The Morgan fingerprint density at radius 1 is 1.41 bits per heavy atom. The molecule has 1 saturated heterocycles. The number of ether oxygens (including phenoxy) is 1. The lowest BCUT2D eigenvalue weighted by Gasteiger charge is -2.39. The van der Waals surface area contributed by atoms with Crippen LogP contribution in [0.15, 0.2) is 4.99 Å². The molecule has 1 N–H and O–H groups in total. The summed E-state index contributed by atoms with van der Waals surface area (Å²) >= 11 is 1.99. The van der Waals surface area contributed by atoms with E-state index in [0.717, 1.165) is 31.3 Å². The van der Waals surface area contributed by atoms with E-state index in [9.17, 15) is 8.42 Å². The standard InChI is InChI=1S/C14H29N3O3S2/c1-5-15-13(17-7-10-21-14(2,3)12-17)16-6-8-20-9-11-22(4,18)19/h5-12H2,1-4H3,(H,15,16). The number of rotatable bonds is 7. The van der Waals surface area contributed by atoms with Crippen molar-refractivity contribution in [2.24, 2.45) is 4.99 Å². The molecule has 0 aromatic carbocycles. The molecule has 0 aromatic heterocycles. The van der Waals surface area contributed by atoms with Crippen LogP contribution in [-0.2, 0) is 14.6 Å². The van der Waals surface area contributed by atoms with Crippen LogP contribution < -0.4 is 5.32 Å². The zero-order chi connectivity index (χ0) is 16.6. The van der Waals surface area contributed by atoms with Gasteiger partial charge in [0.1, 0.15) is 9.84 Å². The first-order valence-corrected chi connectivity index (χ1v) is 10.7. The molecule has 1 fully saturated rings. The molecule has 8 heteroatoms. The van der Waals surface area contributed by atoms with Gasteiger partial charge in [-0.15, -0.1) is 0 Å². The van der Waals surface area contributed by atoms with E-state index in [1.54, 1.807) is 0 Å². The highest BCUT2D eigenvalue weighted by atomic mass is 32.2. The Bertz CT molecular complexity index is 464. The zero-order valence-electron chi connectivity index (χ0n) is 14.1. The molecular weight excluding hydrogens is 322 g/mol. The fraction of sp³-hybridized carbons (Fsp3) is 0.929. The van der Waals surface area contributed by atoms with Gasteiger partial charge in [-0.05, 0) is 20.8 Å². The summed E-state index contributed by atoms with van der Waals surface area (Å²) in [6.07, 6.45) is 1.22. The maximum Gasteiger partial charge on any atom is 0.194 e. The number of nitrogens with zero attached hydrogens (tertiary/aromatic N) is 2. The predicted octanol–water partition coefficient (Wildman–Crippen LogP) is 0.841. The van der Waals surface area contributed by atoms with Gasteiger partial charge in [-0.2, -0.15) is 11.8 Å². The number of aliphatic imine (C=N–C) groups is 1. The fourth-order valence-corrected chi connectivity index (χ4v) is 3.68. The summed E-state index contributed by atoms with van der Waals surface area (Å²) in [5.74, 6) is 2.08. The molecule has 0 aromatic rings. The second kappa shape index (κ2) is 8.98. The molecular formula is C14H29N3O3S2. The molecule has 0 saturated carbocycles. The average molecular weight is 352 g/mol. The molecule has 6 nitrogen and oxygen atoms in total. The van der Waals surface area contributed by atoms with Crippen LogP contribution in [0.25, 0.3) is 0 Å². The minimum absolute atomic E-state index is 0.0638. The number of hydrogen-bond acceptors (Lipinski definition) is 5. The van der Waals surface area contributed by atoms with E-state index < -0.39 is 9.84 Å². The molecule has 1 heterocycles. The maximum absolute atomic E-state index is 11.0. The zero-order valence-corrected chi connectivity index (χ0v) is 15.7. The Hall–Kier alpha value is -0.470. The van der Waals surface area contributed by atoms with Crippen molar-refractivity contribution in [2.75, 3.05) is 57.2 Å². The summed E-state index contributed by atoms with van der Waals surface area (Å²) in [6, 6.07) is 0. The van der Waals surface area contributed by atoms with Crippen molar-refractivity contribution in [1.29, 1.82) is 0 Å². The molecule has 130 valence electrons. The van der Waals surface area contributed by atoms with Crippen molar-refractivity contribution in [1.82, 2.24) is 10.2 Å². The van der Waals surface area contributed by atoms with Crippen LogP contribution in [0.5, 0.6) is 0 Å². The number of nitrogens with one attached hydrogen (secondary N) is 1.